The van der Waals surface area contributed by atoms with Crippen LogP contribution in [0, 0.1) is 17.3 Å². The fourth-order valence-corrected chi connectivity index (χ4v) is 4.74. The Kier molecular flexibility index (Phi) is 9.30. The SMILES string of the molecule is CC(=O)N(O)C[C@@H](CC1CCCC1)C(=O)N[C@H](C(=O)N(C)C1CCNCC1)C(C)(C)C. The van der Waals surface area contributed by atoms with Crippen LogP contribution in [0.2, 0.25) is 0 Å². The third kappa shape index (κ3) is 7.45. The van der Waals surface area contributed by atoms with Gasteiger partial charge in [-0.25, -0.2) is 5.06 Å². The van der Waals surface area contributed by atoms with Crippen LogP contribution >= 0.6 is 0 Å². The number of nitrogens with zero attached hydrogens (tertiary/aromatic N) is 2. The van der Waals surface area contributed by atoms with E-state index in [2.05, 4.69) is 10.6 Å². The number of carbonyl (C=O) groups excluding carboxylic acids is 3. The van der Waals surface area contributed by atoms with Gasteiger partial charge in [-0.15, -0.1) is 0 Å². The number of piperidine rings is 1. The lowest BCUT2D eigenvalue weighted by molar-refractivity contribution is -0.167. The third-order valence-corrected chi connectivity index (χ3v) is 6.82. The maximum Gasteiger partial charge on any atom is 0.245 e. The Morgan fingerprint density at radius 3 is 2.19 bits per heavy atom. The highest BCUT2D eigenvalue weighted by Crippen LogP contribution is 2.31. The first-order valence-electron chi connectivity index (χ1n) is 11.8. The number of hydroxylamine groups is 2. The van der Waals surface area contributed by atoms with Crippen molar-refractivity contribution in [3.8, 4) is 0 Å². The second kappa shape index (κ2) is 11.3. The van der Waals surface area contributed by atoms with Crippen LogP contribution in [0.5, 0.6) is 0 Å². The summed E-state index contributed by atoms with van der Waals surface area (Å²) in [6, 6.07) is -0.508. The van der Waals surface area contributed by atoms with E-state index < -0.39 is 23.3 Å². The van der Waals surface area contributed by atoms with Crippen molar-refractivity contribution in [3.63, 3.8) is 0 Å². The van der Waals surface area contributed by atoms with Gasteiger partial charge >= 0.3 is 0 Å². The van der Waals surface area contributed by atoms with Crippen LogP contribution < -0.4 is 10.6 Å². The number of likely N-dealkylation sites (N-methyl/N-ethyl adjacent to an activating group) is 1. The van der Waals surface area contributed by atoms with Crippen molar-refractivity contribution in [1.29, 1.82) is 0 Å². The minimum Gasteiger partial charge on any atom is -0.344 e. The van der Waals surface area contributed by atoms with Crippen LogP contribution in [-0.2, 0) is 14.4 Å². The van der Waals surface area contributed by atoms with Gasteiger partial charge in [0.15, 0.2) is 0 Å². The predicted molar refractivity (Wildman–Crippen MR) is 119 cm³/mol. The van der Waals surface area contributed by atoms with Gasteiger partial charge in [-0.1, -0.05) is 46.5 Å². The highest BCUT2D eigenvalue weighted by atomic mass is 16.5. The smallest absolute Gasteiger partial charge is 0.245 e. The van der Waals surface area contributed by atoms with Crippen LogP contribution in [0.25, 0.3) is 0 Å². The predicted octanol–water partition coefficient (Wildman–Crippen LogP) is 2.16. The zero-order chi connectivity index (χ0) is 23.2. The van der Waals surface area contributed by atoms with Gasteiger partial charge in [0, 0.05) is 20.0 Å². The van der Waals surface area contributed by atoms with Crippen molar-refractivity contribution in [2.24, 2.45) is 17.3 Å². The maximum atomic E-state index is 13.4. The summed E-state index contributed by atoms with van der Waals surface area (Å²) < 4.78 is 0. The van der Waals surface area contributed by atoms with Crippen molar-refractivity contribution in [1.82, 2.24) is 20.6 Å². The quantitative estimate of drug-likeness (QED) is 0.398. The normalized spacial score (nSPS) is 20.2. The summed E-state index contributed by atoms with van der Waals surface area (Å²) in [5.74, 6) is -0.964. The van der Waals surface area contributed by atoms with Gasteiger partial charge in [0.1, 0.15) is 6.04 Å². The second-order valence-corrected chi connectivity index (χ2v) is 10.4. The molecule has 1 saturated heterocycles. The Morgan fingerprint density at radius 1 is 1.10 bits per heavy atom. The molecule has 3 amide bonds. The van der Waals surface area contributed by atoms with Gasteiger partial charge in [0.25, 0.3) is 0 Å². The lowest BCUT2D eigenvalue weighted by Crippen LogP contribution is -2.58. The minimum absolute atomic E-state index is 0.0488. The molecule has 8 heteroatoms. The molecule has 0 unspecified atom stereocenters. The Morgan fingerprint density at radius 2 is 1.68 bits per heavy atom. The molecule has 178 valence electrons. The molecule has 2 atom stereocenters. The van der Waals surface area contributed by atoms with E-state index in [9.17, 15) is 19.6 Å². The van der Waals surface area contributed by atoms with Gasteiger partial charge < -0.3 is 15.5 Å². The molecule has 2 fully saturated rings. The Hall–Kier alpha value is -1.67. The van der Waals surface area contributed by atoms with Gasteiger partial charge in [-0.3, -0.25) is 19.6 Å². The zero-order valence-electron chi connectivity index (χ0n) is 19.9. The standard InChI is InChI=1S/C23H42N4O4/c1-16(28)27(31)15-18(14-17-8-6-7-9-17)21(29)25-20(23(2,3)4)22(30)26(5)19-10-12-24-13-11-19/h17-20,24,31H,6-15H2,1-5H3,(H,25,29)/t18-,20-/m1/s1. The van der Waals surface area contributed by atoms with Crippen LogP contribution in [0.3, 0.4) is 0 Å². The molecule has 0 aromatic carbocycles. The lowest BCUT2D eigenvalue weighted by atomic mass is 9.84. The van der Waals surface area contributed by atoms with Crippen LogP contribution in [0.1, 0.15) is 72.6 Å². The molecule has 1 aliphatic carbocycles. The zero-order valence-corrected chi connectivity index (χ0v) is 19.9. The van der Waals surface area contributed by atoms with Gasteiger partial charge in [-0.05, 0) is 43.7 Å². The molecule has 0 aromatic heterocycles. The molecule has 31 heavy (non-hydrogen) atoms. The number of rotatable bonds is 8. The molecule has 8 nitrogen and oxygen atoms in total. The number of amides is 3. The molecule has 0 bridgehead atoms. The average molecular weight is 439 g/mol. The summed E-state index contributed by atoms with van der Waals surface area (Å²) >= 11 is 0. The number of hydrogen-bond acceptors (Lipinski definition) is 5. The molecule has 2 rings (SSSR count). The minimum atomic E-state index is -0.671. The van der Waals surface area contributed by atoms with E-state index in [0.29, 0.717) is 17.4 Å². The first kappa shape index (κ1) is 25.6. The van der Waals surface area contributed by atoms with E-state index in [1.165, 1.54) is 6.92 Å². The Bertz CT molecular complexity index is 622. The van der Waals surface area contributed by atoms with Gasteiger partial charge in [0.05, 0.1) is 12.5 Å². The molecular weight excluding hydrogens is 396 g/mol. The first-order valence-corrected chi connectivity index (χ1v) is 11.8. The summed E-state index contributed by atoms with van der Waals surface area (Å²) in [5.41, 5.74) is -0.467. The topological polar surface area (TPSA) is 102 Å². The molecule has 3 N–H and O–H groups in total. The highest BCUT2D eigenvalue weighted by molar-refractivity contribution is 5.89. The van der Waals surface area contributed by atoms with Crippen LogP contribution in [0.4, 0.5) is 0 Å². The number of hydrogen-bond donors (Lipinski definition) is 3. The summed E-state index contributed by atoms with van der Waals surface area (Å²) in [6.45, 7) is 8.85. The van der Waals surface area contributed by atoms with Crippen molar-refractivity contribution in [3.05, 3.63) is 0 Å². The van der Waals surface area contributed by atoms with Crippen molar-refractivity contribution < 1.29 is 19.6 Å². The van der Waals surface area contributed by atoms with E-state index in [4.69, 9.17) is 0 Å². The fraction of sp³-hybridized carbons (Fsp3) is 0.870. The molecule has 1 heterocycles. The first-order chi connectivity index (χ1) is 14.5. The number of carbonyl (C=O) groups is 3. The van der Waals surface area contributed by atoms with Crippen LogP contribution in [0.15, 0.2) is 0 Å². The molecule has 0 radical (unpaired) electrons. The monoisotopic (exact) mass is 438 g/mol. The molecule has 2 aliphatic rings. The van der Waals surface area contributed by atoms with Crippen molar-refractivity contribution in [2.45, 2.75) is 84.7 Å². The molecule has 1 aliphatic heterocycles. The lowest BCUT2D eigenvalue weighted by Gasteiger charge is -2.39. The van der Waals surface area contributed by atoms with Crippen LogP contribution in [-0.4, -0.2) is 71.7 Å². The third-order valence-electron chi connectivity index (χ3n) is 6.82. The molecule has 0 spiro atoms. The average Bonchev–Trinajstić information content (AvgIpc) is 3.23. The van der Waals surface area contributed by atoms with Gasteiger partial charge in [-0.2, -0.15) is 0 Å². The van der Waals surface area contributed by atoms with Crippen molar-refractivity contribution in [2.75, 3.05) is 26.7 Å². The van der Waals surface area contributed by atoms with E-state index >= 15 is 0 Å². The fourth-order valence-electron chi connectivity index (χ4n) is 4.74. The summed E-state index contributed by atoms with van der Waals surface area (Å²) in [7, 11) is 1.82. The Labute approximate surface area is 187 Å². The number of nitrogens with one attached hydrogen (secondary N) is 2. The van der Waals surface area contributed by atoms with Crippen molar-refractivity contribution >= 4 is 17.7 Å². The van der Waals surface area contributed by atoms with E-state index in [1.807, 2.05) is 27.8 Å². The Balaban J connectivity index is 2.13. The maximum absolute atomic E-state index is 13.4. The van der Waals surface area contributed by atoms with E-state index in [1.54, 1.807) is 4.90 Å². The summed E-state index contributed by atoms with van der Waals surface area (Å²) in [5, 5.41) is 16.9. The second-order valence-electron chi connectivity index (χ2n) is 10.4. The highest BCUT2D eigenvalue weighted by Gasteiger charge is 2.38. The van der Waals surface area contributed by atoms with E-state index in [0.717, 1.165) is 51.6 Å². The largest absolute Gasteiger partial charge is 0.344 e. The molecule has 0 aromatic rings. The molecule has 1 saturated carbocycles. The summed E-state index contributed by atoms with van der Waals surface area (Å²) in [6.07, 6.45) is 6.85. The summed E-state index contributed by atoms with van der Waals surface area (Å²) in [4.78, 5) is 40.1. The van der Waals surface area contributed by atoms with E-state index in [-0.39, 0.29) is 24.4 Å². The van der Waals surface area contributed by atoms with Gasteiger partial charge in [0.2, 0.25) is 17.7 Å². The molecular formula is C23H42N4O4.